The summed E-state index contributed by atoms with van der Waals surface area (Å²) in [6.07, 6.45) is 2.24. The SMILES string of the molecule is Cc1cc(C(=O)CN(C)Cc2ccco2)c(C)n1C1CCS(=O)(=O)C1. The fourth-order valence-corrected chi connectivity index (χ4v) is 5.35. The van der Waals surface area contributed by atoms with Gasteiger partial charge in [-0.25, -0.2) is 8.42 Å². The summed E-state index contributed by atoms with van der Waals surface area (Å²) in [7, 11) is -1.08. The molecule has 136 valence electrons. The average molecular weight is 364 g/mol. The van der Waals surface area contributed by atoms with Crippen LogP contribution in [0.3, 0.4) is 0 Å². The summed E-state index contributed by atoms with van der Waals surface area (Å²) in [5.41, 5.74) is 2.47. The van der Waals surface area contributed by atoms with Crippen molar-refractivity contribution >= 4 is 15.6 Å². The molecule has 1 fully saturated rings. The van der Waals surface area contributed by atoms with E-state index < -0.39 is 9.84 Å². The molecule has 0 aromatic carbocycles. The first kappa shape index (κ1) is 17.9. The van der Waals surface area contributed by atoms with Crippen molar-refractivity contribution < 1.29 is 17.6 Å². The third kappa shape index (κ3) is 3.88. The van der Waals surface area contributed by atoms with E-state index in [1.165, 1.54) is 0 Å². The van der Waals surface area contributed by atoms with Gasteiger partial charge in [0.05, 0.1) is 30.9 Å². The lowest BCUT2D eigenvalue weighted by atomic mass is 10.1. The minimum absolute atomic E-state index is 0.0364. The molecule has 2 aromatic rings. The van der Waals surface area contributed by atoms with Gasteiger partial charge in [0.15, 0.2) is 15.6 Å². The Hall–Kier alpha value is -1.86. The summed E-state index contributed by atoms with van der Waals surface area (Å²) in [5, 5.41) is 0. The Morgan fingerprint density at radius 2 is 2.16 bits per heavy atom. The second kappa shape index (κ2) is 6.80. The minimum Gasteiger partial charge on any atom is -0.468 e. The number of hydrogen-bond acceptors (Lipinski definition) is 5. The van der Waals surface area contributed by atoms with Crippen LogP contribution in [0.1, 0.15) is 40.0 Å². The number of rotatable bonds is 6. The molecule has 1 aliphatic heterocycles. The first-order chi connectivity index (χ1) is 11.8. The van der Waals surface area contributed by atoms with Gasteiger partial charge in [0, 0.05) is 23.0 Å². The number of likely N-dealkylation sites (N-methyl/N-ethyl adjacent to an activating group) is 1. The van der Waals surface area contributed by atoms with Crippen LogP contribution in [-0.4, -0.2) is 48.8 Å². The smallest absolute Gasteiger partial charge is 0.178 e. The summed E-state index contributed by atoms with van der Waals surface area (Å²) < 4.78 is 30.9. The molecule has 0 aliphatic carbocycles. The van der Waals surface area contributed by atoms with Crippen molar-refractivity contribution in [1.82, 2.24) is 9.47 Å². The zero-order chi connectivity index (χ0) is 18.2. The molecule has 3 rings (SSSR count). The minimum atomic E-state index is -2.96. The lowest BCUT2D eigenvalue weighted by molar-refractivity contribution is 0.0939. The highest BCUT2D eigenvalue weighted by Crippen LogP contribution is 2.29. The summed E-state index contributed by atoms with van der Waals surface area (Å²) in [6, 6.07) is 5.53. The number of aryl methyl sites for hydroxylation is 1. The van der Waals surface area contributed by atoms with Crippen LogP contribution in [0.5, 0.6) is 0 Å². The van der Waals surface area contributed by atoms with Gasteiger partial charge in [-0.1, -0.05) is 0 Å². The van der Waals surface area contributed by atoms with E-state index >= 15 is 0 Å². The largest absolute Gasteiger partial charge is 0.468 e. The van der Waals surface area contributed by atoms with Crippen LogP contribution in [-0.2, 0) is 16.4 Å². The van der Waals surface area contributed by atoms with Gasteiger partial charge in [0.1, 0.15) is 5.76 Å². The zero-order valence-electron chi connectivity index (χ0n) is 14.9. The van der Waals surface area contributed by atoms with Crippen molar-refractivity contribution in [2.24, 2.45) is 0 Å². The van der Waals surface area contributed by atoms with Crippen molar-refractivity contribution in [3.8, 4) is 0 Å². The van der Waals surface area contributed by atoms with Crippen molar-refractivity contribution in [3.63, 3.8) is 0 Å². The van der Waals surface area contributed by atoms with Gasteiger partial charge in [0.2, 0.25) is 0 Å². The molecule has 25 heavy (non-hydrogen) atoms. The molecule has 1 saturated heterocycles. The van der Waals surface area contributed by atoms with Crippen molar-refractivity contribution in [1.29, 1.82) is 0 Å². The molecule has 1 unspecified atom stereocenters. The maximum absolute atomic E-state index is 12.7. The summed E-state index contributed by atoms with van der Waals surface area (Å²) in [6.45, 7) is 4.69. The normalized spacial score (nSPS) is 19.6. The van der Waals surface area contributed by atoms with E-state index in [-0.39, 0.29) is 29.9 Å². The fraction of sp³-hybridized carbons (Fsp3) is 0.500. The fourth-order valence-electron chi connectivity index (χ4n) is 3.66. The maximum Gasteiger partial charge on any atom is 0.178 e. The number of carbonyl (C=O) groups excluding carboxylic acids is 1. The standard InChI is InChI=1S/C18H24N2O4S/c1-13-9-17(14(2)20(13)15-6-8-25(22,23)12-15)18(21)11-19(3)10-16-5-4-7-24-16/h4-5,7,9,15H,6,8,10-12H2,1-3H3. The molecule has 0 spiro atoms. The number of carbonyl (C=O) groups is 1. The molecule has 0 bridgehead atoms. The highest BCUT2D eigenvalue weighted by molar-refractivity contribution is 7.91. The Bertz CT molecular complexity index is 865. The van der Waals surface area contributed by atoms with Crippen LogP contribution < -0.4 is 0 Å². The Morgan fingerprint density at radius 3 is 2.76 bits per heavy atom. The van der Waals surface area contributed by atoms with E-state index in [1.54, 1.807) is 6.26 Å². The zero-order valence-corrected chi connectivity index (χ0v) is 15.7. The quantitative estimate of drug-likeness (QED) is 0.736. The lowest BCUT2D eigenvalue weighted by Crippen LogP contribution is -2.26. The third-order valence-electron chi connectivity index (χ3n) is 4.78. The van der Waals surface area contributed by atoms with E-state index in [0.29, 0.717) is 18.5 Å². The van der Waals surface area contributed by atoms with Crippen molar-refractivity contribution in [2.75, 3.05) is 25.1 Å². The molecule has 3 heterocycles. The summed E-state index contributed by atoms with van der Waals surface area (Å²) >= 11 is 0. The van der Waals surface area contributed by atoms with E-state index in [9.17, 15) is 13.2 Å². The van der Waals surface area contributed by atoms with E-state index in [2.05, 4.69) is 0 Å². The number of Topliss-reactive ketones (excluding diaryl/α,β-unsaturated/α-hetero) is 1. The Balaban J connectivity index is 1.74. The third-order valence-corrected chi connectivity index (χ3v) is 6.53. The molecule has 0 N–H and O–H groups in total. The molecule has 6 nitrogen and oxygen atoms in total. The van der Waals surface area contributed by atoms with Gasteiger partial charge in [-0.3, -0.25) is 9.69 Å². The van der Waals surface area contributed by atoms with Gasteiger partial charge >= 0.3 is 0 Å². The van der Waals surface area contributed by atoms with Crippen molar-refractivity contribution in [2.45, 2.75) is 32.9 Å². The second-order valence-corrected chi connectivity index (χ2v) is 9.12. The number of nitrogens with zero attached hydrogens (tertiary/aromatic N) is 2. The predicted octanol–water partition coefficient (Wildman–Crippen LogP) is 2.37. The number of hydrogen-bond donors (Lipinski definition) is 0. The van der Waals surface area contributed by atoms with E-state index in [0.717, 1.165) is 17.1 Å². The maximum atomic E-state index is 12.7. The van der Waals surface area contributed by atoms with Gasteiger partial charge < -0.3 is 8.98 Å². The van der Waals surface area contributed by atoms with Crippen LogP contribution in [0.15, 0.2) is 28.9 Å². The summed E-state index contributed by atoms with van der Waals surface area (Å²) in [4.78, 5) is 14.6. The van der Waals surface area contributed by atoms with Crippen molar-refractivity contribution in [3.05, 3.63) is 47.2 Å². The first-order valence-electron chi connectivity index (χ1n) is 8.40. The Labute approximate surface area is 148 Å². The summed E-state index contributed by atoms with van der Waals surface area (Å²) in [5.74, 6) is 1.24. The topological polar surface area (TPSA) is 72.5 Å². The average Bonchev–Trinajstić information content (AvgIpc) is 3.20. The molecule has 1 aliphatic rings. The number of ketones is 1. The van der Waals surface area contributed by atoms with Crippen LogP contribution in [0.4, 0.5) is 0 Å². The highest BCUT2D eigenvalue weighted by atomic mass is 32.2. The number of sulfone groups is 1. The predicted molar refractivity (Wildman–Crippen MR) is 95.6 cm³/mol. The van der Waals surface area contributed by atoms with E-state index in [4.69, 9.17) is 4.42 Å². The molecular formula is C18H24N2O4S. The molecule has 0 radical (unpaired) electrons. The van der Waals surface area contributed by atoms with Gasteiger partial charge in [-0.05, 0) is 45.5 Å². The molecule has 7 heteroatoms. The van der Waals surface area contributed by atoms with Gasteiger partial charge in [0.25, 0.3) is 0 Å². The van der Waals surface area contributed by atoms with Gasteiger partial charge in [-0.2, -0.15) is 0 Å². The van der Waals surface area contributed by atoms with E-state index in [1.807, 2.05) is 48.6 Å². The lowest BCUT2D eigenvalue weighted by Gasteiger charge is -2.17. The molecule has 0 saturated carbocycles. The van der Waals surface area contributed by atoms with Crippen LogP contribution >= 0.6 is 0 Å². The second-order valence-electron chi connectivity index (χ2n) is 6.89. The molecular weight excluding hydrogens is 340 g/mol. The van der Waals surface area contributed by atoms with Crippen LogP contribution in [0.2, 0.25) is 0 Å². The molecule has 0 amide bonds. The first-order valence-corrected chi connectivity index (χ1v) is 10.2. The van der Waals surface area contributed by atoms with Crippen LogP contribution in [0.25, 0.3) is 0 Å². The molecule has 2 aromatic heterocycles. The number of furan rings is 1. The monoisotopic (exact) mass is 364 g/mol. The number of aromatic nitrogens is 1. The Morgan fingerprint density at radius 1 is 1.40 bits per heavy atom. The molecule has 1 atom stereocenters. The van der Waals surface area contributed by atoms with Crippen LogP contribution in [0, 0.1) is 13.8 Å². The van der Waals surface area contributed by atoms with Gasteiger partial charge in [-0.15, -0.1) is 0 Å². The highest BCUT2D eigenvalue weighted by Gasteiger charge is 2.31. The Kier molecular flexibility index (Phi) is 4.88.